The summed E-state index contributed by atoms with van der Waals surface area (Å²) in [6.45, 7) is -0.139. The predicted octanol–water partition coefficient (Wildman–Crippen LogP) is 0.209. The maximum Gasteiger partial charge on any atom is 0.327 e. The zero-order valence-electron chi connectivity index (χ0n) is 11.0. The summed E-state index contributed by atoms with van der Waals surface area (Å²) in [6.07, 6.45) is 1.31. The van der Waals surface area contributed by atoms with Crippen LogP contribution in [0, 0.1) is 0 Å². The Morgan fingerprint density at radius 2 is 2.14 bits per heavy atom. The minimum atomic E-state index is -0.648. The molecule has 0 fully saturated rings. The van der Waals surface area contributed by atoms with Crippen LogP contribution in [0.25, 0.3) is 11.2 Å². The average molecular weight is 365 g/mol. The van der Waals surface area contributed by atoms with Crippen molar-refractivity contribution < 1.29 is 4.79 Å². The average Bonchev–Trinajstić information content (AvgIpc) is 2.81. The summed E-state index contributed by atoms with van der Waals surface area (Å²) in [5.41, 5.74) is -1.01. The van der Waals surface area contributed by atoms with Crippen molar-refractivity contribution in [2.45, 2.75) is 6.54 Å². The van der Waals surface area contributed by atoms with Gasteiger partial charge in [-0.3, -0.25) is 19.6 Å². The Labute approximate surface area is 130 Å². The van der Waals surface area contributed by atoms with Crippen molar-refractivity contribution in [1.29, 1.82) is 0 Å². The molecule has 0 aliphatic rings. The van der Waals surface area contributed by atoms with Gasteiger partial charge in [0.25, 0.3) is 5.56 Å². The lowest BCUT2D eigenvalue weighted by molar-refractivity contribution is -0.116. The molecule has 0 unspecified atom stereocenters. The van der Waals surface area contributed by atoms with Gasteiger partial charge in [0.1, 0.15) is 17.0 Å². The van der Waals surface area contributed by atoms with E-state index in [9.17, 15) is 14.4 Å². The molecule has 9 nitrogen and oxygen atoms in total. The van der Waals surface area contributed by atoms with Crippen LogP contribution < -0.4 is 16.6 Å². The van der Waals surface area contributed by atoms with Gasteiger partial charge in [-0.15, -0.1) is 0 Å². The van der Waals surface area contributed by atoms with Crippen LogP contribution in [0.2, 0.25) is 0 Å². The van der Waals surface area contributed by atoms with Gasteiger partial charge >= 0.3 is 5.69 Å². The molecule has 0 saturated carbocycles. The first-order valence-corrected chi connectivity index (χ1v) is 6.92. The van der Waals surface area contributed by atoms with Crippen LogP contribution in [0.15, 0.2) is 38.7 Å². The van der Waals surface area contributed by atoms with Crippen molar-refractivity contribution in [3.8, 4) is 0 Å². The summed E-state index contributed by atoms with van der Waals surface area (Å²) in [6, 6.07) is 5.10. The van der Waals surface area contributed by atoms with Gasteiger partial charge in [0.15, 0.2) is 11.2 Å². The number of carbonyl (C=O) groups excluding carboxylic acids is 1. The fraction of sp³-hybridized carbons (Fsp3) is 0.0833. The van der Waals surface area contributed by atoms with Crippen LogP contribution in [-0.4, -0.2) is 30.4 Å². The van der Waals surface area contributed by atoms with Crippen LogP contribution in [-0.2, 0) is 11.3 Å². The topological polar surface area (TPSA) is 126 Å². The fourth-order valence-corrected chi connectivity index (χ4v) is 2.29. The second-order valence-electron chi connectivity index (χ2n) is 4.37. The SMILES string of the molecule is O=C(Cn1cnc2[nH]c(=O)[nH]c(=O)c21)Nc1cccc(Br)n1. The normalized spacial score (nSPS) is 10.8. The summed E-state index contributed by atoms with van der Waals surface area (Å²) in [7, 11) is 0. The molecule has 0 radical (unpaired) electrons. The number of nitrogens with zero attached hydrogens (tertiary/aromatic N) is 3. The Kier molecular flexibility index (Phi) is 3.59. The lowest BCUT2D eigenvalue weighted by Crippen LogP contribution is -2.25. The summed E-state index contributed by atoms with van der Waals surface area (Å²) in [5.74, 6) is 0.00149. The van der Waals surface area contributed by atoms with E-state index >= 15 is 0 Å². The Morgan fingerprint density at radius 3 is 2.91 bits per heavy atom. The van der Waals surface area contributed by atoms with Crippen molar-refractivity contribution >= 4 is 38.8 Å². The molecule has 0 spiro atoms. The standard InChI is InChI=1S/C12H9BrN6O3/c13-6-2-1-3-7(15-6)16-8(20)4-19-5-14-10-9(19)11(21)18-12(22)17-10/h1-3,5H,4H2,(H,15,16,20)(H2,17,18,21,22). The number of anilines is 1. The predicted molar refractivity (Wildman–Crippen MR) is 81.5 cm³/mol. The van der Waals surface area contributed by atoms with Crippen molar-refractivity contribution in [3.05, 3.63) is 50.0 Å². The molecule has 112 valence electrons. The third-order valence-electron chi connectivity index (χ3n) is 2.81. The highest BCUT2D eigenvalue weighted by atomic mass is 79.9. The van der Waals surface area contributed by atoms with E-state index in [2.05, 4.69) is 41.2 Å². The molecule has 1 amide bonds. The van der Waals surface area contributed by atoms with Crippen molar-refractivity contribution in [3.63, 3.8) is 0 Å². The molecule has 0 aromatic carbocycles. The molecule has 0 atom stereocenters. The molecule has 22 heavy (non-hydrogen) atoms. The zero-order valence-corrected chi connectivity index (χ0v) is 12.5. The van der Waals surface area contributed by atoms with Crippen LogP contribution in [0.5, 0.6) is 0 Å². The second-order valence-corrected chi connectivity index (χ2v) is 5.18. The van der Waals surface area contributed by atoms with E-state index < -0.39 is 11.2 Å². The highest BCUT2D eigenvalue weighted by Gasteiger charge is 2.12. The molecule has 0 saturated heterocycles. The van der Waals surface area contributed by atoms with E-state index in [0.29, 0.717) is 10.4 Å². The van der Waals surface area contributed by atoms with Gasteiger partial charge in [-0.2, -0.15) is 0 Å². The number of hydrogen-bond donors (Lipinski definition) is 3. The number of imidazole rings is 1. The smallest absolute Gasteiger partial charge is 0.315 e. The number of aromatic amines is 2. The largest absolute Gasteiger partial charge is 0.327 e. The number of hydrogen-bond acceptors (Lipinski definition) is 5. The number of rotatable bonds is 3. The van der Waals surface area contributed by atoms with Gasteiger partial charge in [0.05, 0.1) is 6.33 Å². The highest BCUT2D eigenvalue weighted by Crippen LogP contribution is 2.10. The lowest BCUT2D eigenvalue weighted by atomic mass is 10.4. The first-order chi connectivity index (χ1) is 10.5. The molecule has 0 aliphatic heterocycles. The molecule has 3 aromatic rings. The lowest BCUT2D eigenvalue weighted by Gasteiger charge is -2.05. The quantitative estimate of drug-likeness (QED) is 0.572. The third kappa shape index (κ3) is 2.81. The molecule has 0 aliphatic carbocycles. The first-order valence-electron chi connectivity index (χ1n) is 6.13. The highest BCUT2D eigenvalue weighted by molar-refractivity contribution is 9.10. The molecule has 10 heteroatoms. The minimum Gasteiger partial charge on any atom is -0.315 e. The summed E-state index contributed by atoms with van der Waals surface area (Å²) in [5, 5.41) is 2.60. The van der Waals surface area contributed by atoms with E-state index in [1.807, 2.05) is 0 Å². The third-order valence-corrected chi connectivity index (χ3v) is 3.25. The summed E-state index contributed by atoms with van der Waals surface area (Å²) >= 11 is 3.20. The molecule has 0 bridgehead atoms. The molecule has 3 heterocycles. The van der Waals surface area contributed by atoms with Gasteiger partial charge in [-0.05, 0) is 28.1 Å². The molecule has 3 rings (SSSR count). The summed E-state index contributed by atoms with van der Waals surface area (Å²) < 4.78 is 1.93. The van der Waals surface area contributed by atoms with E-state index in [1.54, 1.807) is 18.2 Å². The maximum absolute atomic E-state index is 12.0. The van der Waals surface area contributed by atoms with E-state index in [-0.39, 0.29) is 23.6 Å². The van der Waals surface area contributed by atoms with Crippen LogP contribution in [0.3, 0.4) is 0 Å². The van der Waals surface area contributed by atoms with Crippen molar-refractivity contribution in [1.82, 2.24) is 24.5 Å². The Morgan fingerprint density at radius 1 is 1.32 bits per heavy atom. The maximum atomic E-state index is 12.0. The van der Waals surface area contributed by atoms with Gasteiger partial charge < -0.3 is 9.88 Å². The zero-order chi connectivity index (χ0) is 15.7. The monoisotopic (exact) mass is 364 g/mol. The molecular formula is C12H9BrN6O3. The number of H-pyrrole nitrogens is 2. The Bertz CT molecular complexity index is 973. The number of nitrogens with one attached hydrogen (secondary N) is 3. The van der Waals surface area contributed by atoms with Crippen LogP contribution in [0.4, 0.5) is 5.82 Å². The van der Waals surface area contributed by atoms with Gasteiger partial charge in [0.2, 0.25) is 5.91 Å². The van der Waals surface area contributed by atoms with Gasteiger partial charge in [-0.25, -0.2) is 14.8 Å². The van der Waals surface area contributed by atoms with Crippen molar-refractivity contribution in [2.75, 3.05) is 5.32 Å². The molecule has 3 N–H and O–H groups in total. The number of pyridine rings is 1. The van der Waals surface area contributed by atoms with E-state index in [4.69, 9.17) is 0 Å². The minimum absolute atomic E-state index is 0.122. The summed E-state index contributed by atoms with van der Waals surface area (Å²) in [4.78, 5) is 47.4. The number of amides is 1. The molecular weight excluding hydrogens is 356 g/mol. The number of fused-ring (bicyclic) bond motifs is 1. The van der Waals surface area contributed by atoms with Crippen molar-refractivity contribution in [2.24, 2.45) is 0 Å². The first kappa shape index (κ1) is 14.2. The van der Waals surface area contributed by atoms with Crippen LogP contribution in [0.1, 0.15) is 0 Å². The number of carbonyl (C=O) groups is 1. The number of aromatic nitrogens is 5. The number of halogens is 1. The van der Waals surface area contributed by atoms with E-state index in [0.717, 1.165) is 0 Å². The Balaban J connectivity index is 1.86. The molecule has 3 aromatic heterocycles. The van der Waals surface area contributed by atoms with E-state index in [1.165, 1.54) is 10.9 Å². The second kappa shape index (κ2) is 5.56. The fourth-order valence-electron chi connectivity index (χ4n) is 1.95. The van der Waals surface area contributed by atoms with Crippen LogP contribution >= 0.6 is 15.9 Å². The Hall–Kier alpha value is -2.75. The van der Waals surface area contributed by atoms with Gasteiger partial charge in [-0.1, -0.05) is 6.07 Å². The van der Waals surface area contributed by atoms with Gasteiger partial charge in [0, 0.05) is 0 Å².